The van der Waals surface area contributed by atoms with Crippen molar-refractivity contribution in [2.45, 2.75) is 32.1 Å². The maximum absolute atomic E-state index is 12.3. The van der Waals surface area contributed by atoms with Crippen molar-refractivity contribution >= 4 is 22.4 Å². The Kier molecular flexibility index (Phi) is 4.14. The number of nitrogens with one attached hydrogen (secondary N) is 2. The minimum absolute atomic E-state index is 0.0658. The van der Waals surface area contributed by atoms with Crippen LogP contribution in [-0.2, 0) is 17.6 Å². The van der Waals surface area contributed by atoms with E-state index in [2.05, 4.69) is 33.8 Å². The average Bonchev–Trinajstić information content (AvgIpc) is 3.23. The summed E-state index contributed by atoms with van der Waals surface area (Å²) in [7, 11) is 0. The average molecular weight is 327 g/mol. The first-order valence-electron chi connectivity index (χ1n) is 8.39. The third-order valence-corrected chi connectivity index (χ3v) is 5.55. The summed E-state index contributed by atoms with van der Waals surface area (Å²) in [5, 5.41) is 9.00. The van der Waals surface area contributed by atoms with E-state index in [4.69, 9.17) is 0 Å². The summed E-state index contributed by atoms with van der Waals surface area (Å²) in [5.41, 5.74) is 5.04. The maximum atomic E-state index is 12.3. The van der Waals surface area contributed by atoms with Crippen LogP contribution >= 0.6 is 11.3 Å². The van der Waals surface area contributed by atoms with Crippen LogP contribution in [0.2, 0.25) is 0 Å². The molecule has 4 nitrogen and oxygen atoms in total. The van der Waals surface area contributed by atoms with Gasteiger partial charge in [0.2, 0.25) is 5.91 Å². The lowest BCUT2D eigenvalue weighted by Gasteiger charge is -2.21. The Hall–Kier alpha value is -1.72. The number of hydrogen-bond donors (Lipinski definition) is 2. The molecule has 1 fully saturated rings. The monoisotopic (exact) mass is 327 g/mol. The summed E-state index contributed by atoms with van der Waals surface area (Å²) in [6.45, 7) is 1.79. The molecule has 0 bridgehead atoms. The molecule has 0 saturated carbocycles. The zero-order valence-corrected chi connectivity index (χ0v) is 13.9. The van der Waals surface area contributed by atoms with Gasteiger partial charge in [0.1, 0.15) is 0 Å². The van der Waals surface area contributed by atoms with Crippen molar-refractivity contribution in [1.82, 2.24) is 10.3 Å². The second-order valence-electron chi connectivity index (χ2n) is 6.41. The zero-order chi connectivity index (χ0) is 15.6. The molecular weight excluding hydrogens is 306 g/mol. The van der Waals surface area contributed by atoms with Gasteiger partial charge in [0.25, 0.3) is 0 Å². The first kappa shape index (κ1) is 14.8. The quantitative estimate of drug-likeness (QED) is 0.910. The fourth-order valence-corrected chi connectivity index (χ4v) is 4.20. The summed E-state index contributed by atoms with van der Waals surface area (Å²) in [6.07, 6.45) is 5.65. The molecule has 1 atom stereocenters. The van der Waals surface area contributed by atoms with Gasteiger partial charge in [-0.15, -0.1) is 11.3 Å². The van der Waals surface area contributed by atoms with Crippen molar-refractivity contribution in [2.24, 2.45) is 5.92 Å². The fraction of sp³-hybridized carbons (Fsp3) is 0.444. The minimum atomic E-state index is 0.0658. The molecule has 120 valence electrons. The number of amides is 1. The molecule has 2 N–H and O–H groups in total. The SMILES string of the molecule is O=C(Nc1nc(-c2ccc3c(c2)CCC3)cs1)C1CCCNC1. The Balaban J connectivity index is 1.47. The normalized spacial score (nSPS) is 20.3. The number of anilines is 1. The van der Waals surface area contributed by atoms with Gasteiger partial charge >= 0.3 is 0 Å². The predicted octanol–water partition coefficient (Wildman–Crippen LogP) is 3.24. The van der Waals surface area contributed by atoms with Crippen LogP contribution < -0.4 is 10.6 Å². The van der Waals surface area contributed by atoms with Gasteiger partial charge in [-0.05, 0) is 55.8 Å². The Morgan fingerprint density at radius 2 is 2.17 bits per heavy atom. The number of rotatable bonds is 3. The van der Waals surface area contributed by atoms with Gasteiger partial charge in [-0.3, -0.25) is 4.79 Å². The molecule has 2 aliphatic rings. The number of nitrogens with zero attached hydrogens (tertiary/aromatic N) is 1. The Morgan fingerprint density at radius 1 is 1.26 bits per heavy atom. The van der Waals surface area contributed by atoms with Gasteiger partial charge in [-0.25, -0.2) is 4.98 Å². The van der Waals surface area contributed by atoms with E-state index in [1.807, 2.05) is 5.38 Å². The van der Waals surface area contributed by atoms with Gasteiger partial charge in [-0.1, -0.05) is 12.1 Å². The number of carbonyl (C=O) groups excluding carboxylic acids is 1. The third kappa shape index (κ3) is 3.16. The van der Waals surface area contributed by atoms with E-state index >= 15 is 0 Å². The van der Waals surface area contributed by atoms with E-state index in [0.29, 0.717) is 5.13 Å². The number of carbonyl (C=O) groups is 1. The summed E-state index contributed by atoms with van der Waals surface area (Å²) in [5.74, 6) is 0.156. The summed E-state index contributed by atoms with van der Waals surface area (Å²) in [6, 6.07) is 6.63. The van der Waals surface area contributed by atoms with Crippen LogP contribution in [0.1, 0.15) is 30.4 Å². The van der Waals surface area contributed by atoms with Gasteiger partial charge in [-0.2, -0.15) is 0 Å². The van der Waals surface area contributed by atoms with Crippen LogP contribution in [0.5, 0.6) is 0 Å². The van der Waals surface area contributed by atoms with Crippen molar-refractivity contribution in [3.8, 4) is 11.3 Å². The maximum Gasteiger partial charge on any atom is 0.230 e. The van der Waals surface area contributed by atoms with Crippen LogP contribution in [0.15, 0.2) is 23.6 Å². The molecular formula is C18H21N3OS. The highest BCUT2D eigenvalue weighted by Gasteiger charge is 2.22. The third-order valence-electron chi connectivity index (χ3n) is 4.80. The van der Waals surface area contributed by atoms with E-state index in [9.17, 15) is 4.79 Å². The molecule has 1 saturated heterocycles. The molecule has 1 amide bonds. The molecule has 4 rings (SSSR count). The number of aromatic nitrogens is 1. The standard InChI is InChI=1S/C18H21N3OS/c22-17(15-5-2-8-19-10-15)21-18-20-16(11-23-18)14-7-6-12-3-1-4-13(12)9-14/h6-7,9,11,15,19H,1-5,8,10H2,(H,20,21,22). The number of fused-ring (bicyclic) bond motifs is 1. The van der Waals surface area contributed by atoms with E-state index in [0.717, 1.165) is 37.2 Å². The van der Waals surface area contributed by atoms with Crippen LogP contribution in [0.4, 0.5) is 5.13 Å². The molecule has 2 aromatic rings. The first-order valence-corrected chi connectivity index (χ1v) is 9.27. The summed E-state index contributed by atoms with van der Waals surface area (Å²) >= 11 is 1.51. The molecule has 0 radical (unpaired) electrons. The van der Waals surface area contributed by atoms with Crippen LogP contribution in [-0.4, -0.2) is 24.0 Å². The number of thiazole rings is 1. The second kappa shape index (κ2) is 6.42. The van der Waals surface area contributed by atoms with E-state index in [-0.39, 0.29) is 11.8 Å². The lowest BCUT2D eigenvalue weighted by atomic mass is 9.99. The molecule has 1 aromatic heterocycles. The van der Waals surface area contributed by atoms with Crippen molar-refractivity contribution in [3.05, 3.63) is 34.7 Å². The van der Waals surface area contributed by atoms with Crippen molar-refractivity contribution in [1.29, 1.82) is 0 Å². The highest BCUT2D eigenvalue weighted by atomic mass is 32.1. The summed E-state index contributed by atoms with van der Waals surface area (Å²) in [4.78, 5) is 16.9. The lowest BCUT2D eigenvalue weighted by Crippen LogP contribution is -2.37. The van der Waals surface area contributed by atoms with Crippen molar-refractivity contribution in [3.63, 3.8) is 0 Å². The Labute approximate surface area is 140 Å². The molecule has 1 aromatic carbocycles. The summed E-state index contributed by atoms with van der Waals surface area (Å²) < 4.78 is 0. The van der Waals surface area contributed by atoms with Crippen molar-refractivity contribution < 1.29 is 4.79 Å². The number of piperidine rings is 1. The van der Waals surface area contributed by atoms with Gasteiger partial charge in [0, 0.05) is 17.5 Å². The lowest BCUT2D eigenvalue weighted by molar-refractivity contribution is -0.120. The topological polar surface area (TPSA) is 54.0 Å². The van der Waals surface area contributed by atoms with E-state index in [1.165, 1.54) is 41.7 Å². The predicted molar refractivity (Wildman–Crippen MR) is 93.8 cm³/mol. The first-order chi connectivity index (χ1) is 11.3. The largest absolute Gasteiger partial charge is 0.316 e. The van der Waals surface area contributed by atoms with Crippen LogP contribution in [0.3, 0.4) is 0 Å². The van der Waals surface area contributed by atoms with E-state index in [1.54, 1.807) is 0 Å². The molecule has 23 heavy (non-hydrogen) atoms. The van der Waals surface area contributed by atoms with Gasteiger partial charge in [0.15, 0.2) is 5.13 Å². The second-order valence-corrected chi connectivity index (χ2v) is 7.27. The number of hydrogen-bond acceptors (Lipinski definition) is 4. The minimum Gasteiger partial charge on any atom is -0.316 e. The fourth-order valence-electron chi connectivity index (χ4n) is 3.48. The highest BCUT2D eigenvalue weighted by Crippen LogP contribution is 2.30. The van der Waals surface area contributed by atoms with Crippen molar-refractivity contribution in [2.75, 3.05) is 18.4 Å². The number of benzene rings is 1. The molecule has 2 heterocycles. The molecule has 1 aliphatic carbocycles. The molecule has 1 aliphatic heterocycles. The molecule has 0 spiro atoms. The smallest absolute Gasteiger partial charge is 0.230 e. The number of aryl methyl sites for hydroxylation is 2. The van der Waals surface area contributed by atoms with E-state index < -0.39 is 0 Å². The Morgan fingerprint density at radius 3 is 3.04 bits per heavy atom. The zero-order valence-electron chi connectivity index (χ0n) is 13.1. The van der Waals surface area contributed by atoms with Crippen LogP contribution in [0, 0.1) is 5.92 Å². The molecule has 5 heteroatoms. The van der Waals surface area contributed by atoms with Gasteiger partial charge in [0.05, 0.1) is 11.6 Å². The molecule has 1 unspecified atom stereocenters. The Bertz CT molecular complexity index is 719. The van der Waals surface area contributed by atoms with Crippen LogP contribution in [0.25, 0.3) is 11.3 Å². The van der Waals surface area contributed by atoms with Gasteiger partial charge < -0.3 is 10.6 Å². The highest BCUT2D eigenvalue weighted by molar-refractivity contribution is 7.14.